The van der Waals surface area contributed by atoms with Gasteiger partial charge in [-0.2, -0.15) is 5.10 Å². The number of para-hydroxylation sites is 1. The summed E-state index contributed by atoms with van der Waals surface area (Å²) in [7, 11) is 0. The van der Waals surface area contributed by atoms with Gasteiger partial charge in [0.25, 0.3) is 5.91 Å². The van der Waals surface area contributed by atoms with Gasteiger partial charge in [-0.05, 0) is 31.4 Å². The van der Waals surface area contributed by atoms with Gasteiger partial charge in [0.2, 0.25) is 0 Å². The van der Waals surface area contributed by atoms with Gasteiger partial charge >= 0.3 is 0 Å². The highest BCUT2D eigenvalue weighted by Crippen LogP contribution is 2.42. The molecule has 3 rings (SSSR count). The molecule has 1 heterocycles. The number of nitrogens with one attached hydrogen (secondary N) is 1. The third-order valence-electron chi connectivity index (χ3n) is 4.54. The van der Waals surface area contributed by atoms with Gasteiger partial charge in [0, 0.05) is 18.5 Å². The zero-order valence-electron chi connectivity index (χ0n) is 14.6. The SMILES string of the molecule is CCCCC(CN)NC(=O)c1cnn(-c2ccccc2)c1C1CC1.Cl. The summed E-state index contributed by atoms with van der Waals surface area (Å²) >= 11 is 0. The predicted octanol–water partition coefficient (Wildman–Crippen LogP) is 3.42. The minimum absolute atomic E-state index is 0. The number of hydrogen-bond acceptors (Lipinski definition) is 3. The molecule has 1 aliphatic carbocycles. The molecular formula is C19H27ClN4O. The van der Waals surface area contributed by atoms with E-state index in [9.17, 15) is 4.79 Å². The molecule has 5 nitrogen and oxygen atoms in total. The Bertz CT molecular complexity index is 682. The molecule has 1 aromatic heterocycles. The van der Waals surface area contributed by atoms with Crippen molar-refractivity contribution in [2.45, 2.75) is 51.0 Å². The number of halogens is 1. The fraction of sp³-hybridized carbons (Fsp3) is 0.474. The summed E-state index contributed by atoms with van der Waals surface area (Å²) in [5, 5.41) is 7.58. The van der Waals surface area contributed by atoms with Crippen LogP contribution in [0.2, 0.25) is 0 Å². The normalized spacial score (nSPS) is 14.6. The molecule has 1 aliphatic rings. The lowest BCUT2D eigenvalue weighted by Crippen LogP contribution is -2.40. The Morgan fingerprint density at radius 1 is 1.36 bits per heavy atom. The molecule has 136 valence electrons. The number of nitrogens with two attached hydrogens (primary N) is 1. The number of hydrogen-bond donors (Lipinski definition) is 2. The van der Waals surface area contributed by atoms with Crippen molar-refractivity contribution in [1.82, 2.24) is 15.1 Å². The van der Waals surface area contributed by atoms with Gasteiger partial charge in [0.15, 0.2) is 0 Å². The number of benzene rings is 1. The number of rotatable bonds is 8. The van der Waals surface area contributed by atoms with Crippen LogP contribution in [0.4, 0.5) is 0 Å². The van der Waals surface area contributed by atoms with Gasteiger partial charge in [0.1, 0.15) is 0 Å². The number of nitrogens with zero attached hydrogens (tertiary/aromatic N) is 2. The largest absolute Gasteiger partial charge is 0.348 e. The molecule has 0 radical (unpaired) electrons. The molecule has 1 fully saturated rings. The molecule has 0 saturated heterocycles. The first-order valence-corrected chi connectivity index (χ1v) is 8.88. The lowest BCUT2D eigenvalue weighted by atomic mass is 10.1. The molecule has 6 heteroatoms. The van der Waals surface area contributed by atoms with E-state index in [0.717, 1.165) is 43.5 Å². The molecule has 1 aromatic carbocycles. The van der Waals surface area contributed by atoms with Crippen LogP contribution in [-0.4, -0.2) is 28.3 Å². The zero-order valence-corrected chi connectivity index (χ0v) is 15.5. The van der Waals surface area contributed by atoms with E-state index in [0.29, 0.717) is 18.0 Å². The molecule has 2 aromatic rings. The number of aromatic nitrogens is 2. The van der Waals surface area contributed by atoms with Crippen molar-refractivity contribution >= 4 is 18.3 Å². The summed E-state index contributed by atoms with van der Waals surface area (Å²) in [5.41, 5.74) is 8.53. The van der Waals surface area contributed by atoms with Crippen molar-refractivity contribution in [3.8, 4) is 5.69 Å². The van der Waals surface area contributed by atoms with Crippen LogP contribution < -0.4 is 11.1 Å². The summed E-state index contributed by atoms with van der Waals surface area (Å²) in [6.45, 7) is 2.61. The maximum absolute atomic E-state index is 12.8. The highest BCUT2D eigenvalue weighted by Gasteiger charge is 2.33. The van der Waals surface area contributed by atoms with Gasteiger partial charge < -0.3 is 11.1 Å². The number of amides is 1. The minimum Gasteiger partial charge on any atom is -0.348 e. The summed E-state index contributed by atoms with van der Waals surface area (Å²) < 4.78 is 1.91. The van der Waals surface area contributed by atoms with E-state index in [4.69, 9.17) is 5.73 Å². The topological polar surface area (TPSA) is 72.9 Å². The molecule has 0 spiro atoms. The predicted molar refractivity (Wildman–Crippen MR) is 103 cm³/mol. The van der Waals surface area contributed by atoms with Crippen LogP contribution in [0.1, 0.15) is 61.0 Å². The van der Waals surface area contributed by atoms with E-state index in [1.807, 2.05) is 35.0 Å². The van der Waals surface area contributed by atoms with Crippen LogP contribution in [-0.2, 0) is 0 Å². The van der Waals surface area contributed by atoms with Crippen molar-refractivity contribution in [3.63, 3.8) is 0 Å². The number of carbonyl (C=O) groups excluding carboxylic acids is 1. The van der Waals surface area contributed by atoms with E-state index in [1.54, 1.807) is 6.20 Å². The second-order valence-electron chi connectivity index (χ2n) is 6.51. The van der Waals surface area contributed by atoms with Crippen molar-refractivity contribution in [3.05, 3.63) is 47.8 Å². The summed E-state index contributed by atoms with van der Waals surface area (Å²) in [5.74, 6) is 0.381. The third kappa shape index (κ3) is 4.61. The highest BCUT2D eigenvalue weighted by molar-refractivity contribution is 5.95. The molecular weight excluding hydrogens is 336 g/mol. The van der Waals surface area contributed by atoms with Gasteiger partial charge in [-0.3, -0.25) is 4.79 Å². The molecule has 3 N–H and O–H groups in total. The first-order chi connectivity index (χ1) is 11.7. The maximum atomic E-state index is 12.8. The fourth-order valence-electron chi connectivity index (χ4n) is 3.02. The first kappa shape index (κ1) is 19.5. The van der Waals surface area contributed by atoms with E-state index in [1.165, 1.54) is 0 Å². The van der Waals surface area contributed by atoms with E-state index in [2.05, 4.69) is 17.3 Å². The van der Waals surface area contributed by atoms with Gasteiger partial charge in [-0.25, -0.2) is 4.68 Å². The van der Waals surface area contributed by atoms with Crippen molar-refractivity contribution in [2.24, 2.45) is 5.73 Å². The van der Waals surface area contributed by atoms with Crippen LogP contribution in [0.5, 0.6) is 0 Å². The van der Waals surface area contributed by atoms with Gasteiger partial charge in [-0.1, -0.05) is 38.0 Å². The average Bonchev–Trinajstić information content (AvgIpc) is 3.36. The van der Waals surface area contributed by atoms with Crippen LogP contribution in [0.15, 0.2) is 36.5 Å². The highest BCUT2D eigenvalue weighted by atomic mass is 35.5. The summed E-state index contributed by atoms with van der Waals surface area (Å²) in [6, 6.07) is 10.0. The zero-order chi connectivity index (χ0) is 16.9. The Kier molecular flexibility index (Phi) is 7.02. The minimum atomic E-state index is -0.0503. The first-order valence-electron chi connectivity index (χ1n) is 8.88. The van der Waals surface area contributed by atoms with E-state index >= 15 is 0 Å². The van der Waals surface area contributed by atoms with E-state index in [-0.39, 0.29) is 24.4 Å². The monoisotopic (exact) mass is 362 g/mol. The van der Waals surface area contributed by atoms with Gasteiger partial charge in [-0.15, -0.1) is 12.4 Å². The Morgan fingerprint density at radius 2 is 2.08 bits per heavy atom. The van der Waals surface area contributed by atoms with E-state index < -0.39 is 0 Å². The molecule has 0 bridgehead atoms. The van der Waals surface area contributed by atoms with Crippen molar-refractivity contribution < 1.29 is 4.79 Å². The second-order valence-corrected chi connectivity index (χ2v) is 6.51. The maximum Gasteiger partial charge on any atom is 0.255 e. The average molecular weight is 363 g/mol. The third-order valence-corrected chi connectivity index (χ3v) is 4.54. The molecule has 0 aliphatic heterocycles. The van der Waals surface area contributed by atoms with Crippen LogP contribution in [0, 0.1) is 0 Å². The Balaban J connectivity index is 0.00000225. The lowest BCUT2D eigenvalue weighted by molar-refractivity contribution is 0.0934. The molecule has 1 amide bonds. The summed E-state index contributed by atoms with van der Waals surface area (Å²) in [6.07, 6.45) is 7.03. The van der Waals surface area contributed by atoms with Gasteiger partial charge in [0.05, 0.1) is 23.1 Å². The van der Waals surface area contributed by atoms with Crippen LogP contribution >= 0.6 is 12.4 Å². The fourth-order valence-corrected chi connectivity index (χ4v) is 3.02. The Hall–Kier alpha value is -1.85. The molecule has 25 heavy (non-hydrogen) atoms. The van der Waals surface area contributed by atoms with Crippen molar-refractivity contribution in [1.29, 1.82) is 0 Å². The Morgan fingerprint density at radius 3 is 2.68 bits per heavy atom. The number of carbonyl (C=O) groups is 1. The molecule has 1 atom stereocenters. The number of unbranched alkanes of at least 4 members (excludes halogenated alkanes) is 1. The lowest BCUT2D eigenvalue weighted by Gasteiger charge is -2.17. The van der Waals surface area contributed by atoms with Crippen LogP contribution in [0.3, 0.4) is 0 Å². The summed E-state index contributed by atoms with van der Waals surface area (Å²) in [4.78, 5) is 12.8. The molecule has 1 unspecified atom stereocenters. The van der Waals surface area contributed by atoms with Crippen molar-refractivity contribution in [2.75, 3.05) is 6.54 Å². The quantitative estimate of drug-likeness (QED) is 0.755. The van der Waals surface area contributed by atoms with Crippen LogP contribution in [0.25, 0.3) is 5.69 Å². The molecule has 1 saturated carbocycles. The Labute approximate surface area is 155 Å². The standard InChI is InChI=1S/C19H26N4O.ClH/c1-2-3-7-15(12-20)22-19(24)17-13-21-23(18(17)14-10-11-14)16-8-5-4-6-9-16;/h4-6,8-9,13-15H,2-3,7,10-12,20H2,1H3,(H,22,24);1H. The second kappa shape index (κ2) is 9.02. The smallest absolute Gasteiger partial charge is 0.255 e.